The molecule has 1 aliphatic rings. The van der Waals surface area contributed by atoms with Crippen LogP contribution in [0.5, 0.6) is 0 Å². The third-order valence-electron chi connectivity index (χ3n) is 3.49. The second-order valence-electron chi connectivity index (χ2n) is 4.60. The molecule has 0 fully saturated rings. The first-order chi connectivity index (χ1) is 8.36. The van der Waals surface area contributed by atoms with Gasteiger partial charge in [-0.15, -0.1) is 0 Å². The third kappa shape index (κ3) is 1.93. The molecule has 1 heterocycles. The van der Waals surface area contributed by atoms with E-state index in [0.717, 1.165) is 19.4 Å². The number of aryl methyl sites for hydroxylation is 1. The standard InChI is InChI=1S/C16H17N/c1-2-12-4-3-5-14(10-12)15-7-6-13-8-9-17-16(13)11-15/h3-7,10-11,17H,2,8-9H2,1H3. The molecular weight excluding hydrogens is 206 g/mol. The van der Waals surface area contributed by atoms with E-state index >= 15 is 0 Å². The van der Waals surface area contributed by atoms with E-state index in [0.29, 0.717) is 0 Å². The topological polar surface area (TPSA) is 12.0 Å². The highest BCUT2D eigenvalue weighted by molar-refractivity contribution is 5.71. The largest absolute Gasteiger partial charge is 0.384 e. The number of hydrogen-bond acceptors (Lipinski definition) is 1. The average Bonchev–Trinajstić information content (AvgIpc) is 2.86. The predicted molar refractivity (Wildman–Crippen MR) is 73.4 cm³/mol. The summed E-state index contributed by atoms with van der Waals surface area (Å²) in [7, 11) is 0. The van der Waals surface area contributed by atoms with Crippen LogP contribution in [0.25, 0.3) is 11.1 Å². The Bertz CT molecular complexity index is 543. The molecule has 0 radical (unpaired) electrons. The fourth-order valence-electron chi connectivity index (χ4n) is 2.44. The first-order valence-corrected chi connectivity index (χ1v) is 6.33. The minimum absolute atomic E-state index is 1.08. The molecule has 3 rings (SSSR count). The van der Waals surface area contributed by atoms with Crippen LogP contribution >= 0.6 is 0 Å². The second-order valence-corrected chi connectivity index (χ2v) is 4.60. The summed E-state index contributed by atoms with van der Waals surface area (Å²) in [5.74, 6) is 0. The van der Waals surface area contributed by atoms with Crippen LogP contribution in [0, 0.1) is 0 Å². The van der Waals surface area contributed by atoms with Crippen molar-refractivity contribution in [1.29, 1.82) is 0 Å². The third-order valence-corrected chi connectivity index (χ3v) is 3.49. The minimum atomic E-state index is 1.08. The molecule has 86 valence electrons. The van der Waals surface area contributed by atoms with E-state index in [4.69, 9.17) is 0 Å². The molecule has 0 unspecified atom stereocenters. The molecule has 0 aromatic heterocycles. The lowest BCUT2D eigenvalue weighted by Crippen LogP contribution is -1.91. The molecule has 1 nitrogen and oxygen atoms in total. The van der Waals surface area contributed by atoms with Crippen molar-refractivity contribution in [2.75, 3.05) is 11.9 Å². The summed E-state index contributed by atoms with van der Waals surface area (Å²) in [6, 6.07) is 15.6. The van der Waals surface area contributed by atoms with Crippen LogP contribution in [0.15, 0.2) is 42.5 Å². The van der Waals surface area contributed by atoms with Gasteiger partial charge in [-0.25, -0.2) is 0 Å². The first-order valence-electron chi connectivity index (χ1n) is 6.33. The Morgan fingerprint density at radius 1 is 1.06 bits per heavy atom. The summed E-state index contributed by atoms with van der Waals surface area (Å²) in [6.45, 7) is 3.27. The van der Waals surface area contributed by atoms with Crippen molar-refractivity contribution < 1.29 is 0 Å². The Kier molecular flexibility index (Phi) is 2.60. The van der Waals surface area contributed by atoms with Crippen LogP contribution in [0.4, 0.5) is 5.69 Å². The van der Waals surface area contributed by atoms with Gasteiger partial charge in [0.05, 0.1) is 0 Å². The van der Waals surface area contributed by atoms with Gasteiger partial charge in [-0.3, -0.25) is 0 Å². The van der Waals surface area contributed by atoms with E-state index in [-0.39, 0.29) is 0 Å². The van der Waals surface area contributed by atoms with Crippen molar-refractivity contribution in [2.24, 2.45) is 0 Å². The van der Waals surface area contributed by atoms with Crippen molar-refractivity contribution in [3.63, 3.8) is 0 Å². The zero-order chi connectivity index (χ0) is 11.7. The van der Waals surface area contributed by atoms with Crippen molar-refractivity contribution in [3.8, 4) is 11.1 Å². The van der Waals surface area contributed by atoms with Gasteiger partial charge in [0.1, 0.15) is 0 Å². The smallest absolute Gasteiger partial charge is 0.0379 e. The zero-order valence-corrected chi connectivity index (χ0v) is 10.2. The van der Waals surface area contributed by atoms with Crippen molar-refractivity contribution >= 4 is 5.69 Å². The van der Waals surface area contributed by atoms with E-state index in [1.165, 1.54) is 27.9 Å². The number of fused-ring (bicyclic) bond motifs is 1. The lowest BCUT2D eigenvalue weighted by Gasteiger charge is -2.07. The maximum Gasteiger partial charge on any atom is 0.0379 e. The minimum Gasteiger partial charge on any atom is -0.384 e. The summed E-state index contributed by atoms with van der Waals surface area (Å²) in [6.07, 6.45) is 2.25. The molecule has 0 saturated heterocycles. The van der Waals surface area contributed by atoms with Gasteiger partial charge in [-0.1, -0.05) is 43.3 Å². The number of nitrogens with one attached hydrogen (secondary N) is 1. The van der Waals surface area contributed by atoms with E-state index in [1.54, 1.807) is 0 Å². The molecule has 2 aromatic carbocycles. The zero-order valence-electron chi connectivity index (χ0n) is 10.2. The molecule has 2 aromatic rings. The van der Waals surface area contributed by atoms with Gasteiger partial charge in [0, 0.05) is 12.2 Å². The van der Waals surface area contributed by atoms with Crippen molar-refractivity contribution in [2.45, 2.75) is 19.8 Å². The highest BCUT2D eigenvalue weighted by Crippen LogP contribution is 2.29. The molecule has 0 bridgehead atoms. The predicted octanol–water partition coefficient (Wildman–Crippen LogP) is 3.88. The second kappa shape index (κ2) is 4.25. The molecule has 1 heteroatoms. The van der Waals surface area contributed by atoms with E-state index in [1.807, 2.05) is 0 Å². The number of rotatable bonds is 2. The summed E-state index contributed by atoms with van der Waals surface area (Å²) in [4.78, 5) is 0. The summed E-state index contributed by atoms with van der Waals surface area (Å²) in [5.41, 5.74) is 6.79. The van der Waals surface area contributed by atoms with Gasteiger partial charge in [0.25, 0.3) is 0 Å². The van der Waals surface area contributed by atoms with Gasteiger partial charge in [0.15, 0.2) is 0 Å². The van der Waals surface area contributed by atoms with Crippen LogP contribution < -0.4 is 5.32 Å². The van der Waals surface area contributed by atoms with Gasteiger partial charge in [-0.2, -0.15) is 0 Å². The lowest BCUT2D eigenvalue weighted by atomic mass is 10.00. The SMILES string of the molecule is CCc1cccc(-c2ccc3c(c2)NCC3)c1. The molecule has 0 aliphatic carbocycles. The summed E-state index contributed by atoms with van der Waals surface area (Å²) >= 11 is 0. The Hall–Kier alpha value is -1.76. The van der Waals surface area contributed by atoms with E-state index in [2.05, 4.69) is 54.7 Å². The van der Waals surface area contributed by atoms with Gasteiger partial charge >= 0.3 is 0 Å². The molecule has 0 spiro atoms. The molecule has 1 aliphatic heterocycles. The summed E-state index contributed by atoms with van der Waals surface area (Å²) < 4.78 is 0. The molecule has 0 amide bonds. The van der Waals surface area contributed by atoms with Crippen molar-refractivity contribution in [1.82, 2.24) is 0 Å². The van der Waals surface area contributed by atoms with Gasteiger partial charge in [0.2, 0.25) is 0 Å². The number of benzene rings is 2. The normalized spacial score (nSPS) is 13.2. The summed E-state index contributed by atoms with van der Waals surface area (Å²) in [5, 5.41) is 3.44. The van der Waals surface area contributed by atoms with Crippen LogP contribution in [0.3, 0.4) is 0 Å². The Morgan fingerprint density at radius 3 is 2.82 bits per heavy atom. The molecular formula is C16H17N. The molecule has 0 saturated carbocycles. The fraction of sp³-hybridized carbons (Fsp3) is 0.250. The van der Waals surface area contributed by atoms with Crippen LogP contribution in [0.2, 0.25) is 0 Å². The van der Waals surface area contributed by atoms with Gasteiger partial charge in [-0.05, 0) is 41.2 Å². The Labute approximate surface area is 102 Å². The van der Waals surface area contributed by atoms with Crippen molar-refractivity contribution in [3.05, 3.63) is 53.6 Å². The van der Waals surface area contributed by atoms with E-state index in [9.17, 15) is 0 Å². The maximum atomic E-state index is 3.44. The Morgan fingerprint density at radius 2 is 1.94 bits per heavy atom. The highest BCUT2D eigenvalue weighted by atomic mass is 14.9. The van der Waals surface area contributed by atoms with Gasteiger partial charge < -0.3 is 5.32 Å². The van der Waals surface area contributed by atoms with Crippen LogP contribution in [-0.2, 0) is 12.8 Å². The maximum absolute atomic E-state index is 3.44. The lowest BCUT2D eigenvalue weighted by molar-refractivity contribution is 1.11. The van der Waals surface area contributed by atoms with Crippen LogP contribution in [-0.4, -0.2) is 6.54 Å². The van der Waals surface area contributed by atoms with E-state index < -0.39 is 0 Å². The first kappa shape index (κ1) is 10.4. The highest BCUT2D eigenvalue weighted by Gasteiger charge is 2.10. The quantitative estimate of drug-likeness (QED) is 0.814. The average molecular weight is 223 g/mol. The molecule has 0 atom stereocenters. The molecule has 17 heavy (non-hydrogen) atoms. The number of anilines is 1. The number of hydrogen-bond donors (Lipinski definition) is 1. The van der Waals surface area contributed by atoms with Crippen LogP contribution in [0.1, 0.15) is 18.1 Å². The molecule has 1 N–H and O–H groups in total. The Balaban J connectivity index is 2.03. The fourth-order valence-corrected chi connectivity index (χ4v) is 2.44. The monoisotopic (exact) mass is 223 g/mol.